The van der Waals surface area contributed by atoms with Crippen molar-refractivity contribution >= 4 is 0 Å². The van der Waals surface area contributed by atoms with Crippen molar-refractivity contribution in [3.05, 3.63) is 35.1 Å². The van der Waals surface area contributed by atoms with Gasteiger partial charge in [-0.15, -0.1) is 0 Å². The third-order valence-electron chi connectivity index (χ3n) is 3.48. The van der Waals surface area contributed by atoms with Crippen LogP contribution in [0.4, 0.5) is 4.39 Å². The molecule has 114 valence electrons. The predicted molar refractivity (Wildman–Crippen MR) is 82.4 cm³/mol. The van der Waals surface area contributed by atoms with Crippen LogP contribution < -0.4 is 5.32 Å². The number of hydrogen-bond acceptors (Lipinski definition) is 2. The van der Waals surface area contributed by atoms with Crippen molar-refractivity contribution in [1.29, 1.82) is 0 Å². The summed E-state index contributed by atoms with van der Waals surface area (Å²) >= 11 is 0. The highest BCUT2D eigenvalue weighted by molar-refractivity contribution is 5.27. The third-order valence-corrected chi connectivity index (χ3v) is 3.48. The van der Waals surface area contributed by atoms with Gasteiger partial charge in [-0.2, -0.15) is 0 Å². The smallest absolute Gasteiger partial charge is 0.126 e. The van der Waals surface area contributed by atoms with E-state index in [4.69, 9.17) is 4.74 Å². The Labute approximate surface area is 122 Å². The highest BCUT2D eigenvalue weighted by atomic mass is 19.1. The Hall–Kier alpha value is -0.930. The highest BCUT2D eigenvalue weighted by Gasteiger charge is 2.33. The first-order valence-corrected chi connectivity index (χ1v) is 7.42. The van der Waals surface area contributed by atoms with Gasteiger partial charge in [0.15, 0.2) is 0 Å². The average molecular weight is 281 g/mol. The normalized spacial score (nSPS) is 15.2. The zero-order chi connectivity index (χ0) is 15.3. The third kappa shape index (κ3) is 4.29. The summed E-state index contributed by atoms with van der Waals surface area (Å²) in [5, 5.41) is 3.45. The SMILES string of the molecule is CCNC(c1ccc(C)c(F)c1)C(OCC)C(C)(C)C. The lowest BCUT2D eigenvalue weighted by Gasteiger charge is -2.37. The van der Waals surface area contributed by atoms with Gasteiger partial charge in [-0.1, -0.05) is 39.8 Å². The molecule has 0 saturated heterocycles. The van der Waals surface area contributed by atoms with Crippen molar-refractivity contribution in [2.75, 3.05) is 13.2 Å². The molecule has 20 heavy (non-hydrogen) atoms. The summed E-state index contributed by atoms with van der Waals surface area (Å²) in [4.78, 5) is 0. The van der Waals surface area contributed by atoms with Crippen LogP contribution >= 0.6 is 0 Å². The molecule has 0 bridgehead atoms. The monoisotopic (exact) mass is 281 g/mol. The number of benzene rings is 1. The molecule has 1 aromatic carbocycles. The van der Waals surface area contributed by atoms with Gasteiger partial charge in [0.2, 0.25) is 0 Å². The summed E-state index contributed by atoms with van der Waals surface area (Å²) in [5.41, 5.74) is 1.60. The van der Waals surface area contributed by atoms with Gasteiger partial charge in [0.25, 0.3) is 0 Å². The molecule has 0 saturated carbocycles. The summed E-state index contributed by atoms with van der Waals surface area (Å²) in [6.45, 7) is 13.8. The van der Waals surface area contributed by atoms with E-state index in [1.165, 1.54) is 0 Å². The van der Waals surface area contributed by atoms with Crippen LogP contribution in [0.1, 0.15) is 51.8 Å². The van der Waals surface area contributed by atoms with E-state index in [-0.39, 0.29) is 23.4 Å². The zero-order valence-electron chi connectivity index (χ0n) is 13.6. The first kappa shape index (κ1) is 17.1. The molecule has 0 amide bonds. The van der Waals surface area contributed by atoms with Gasteiger partial charge in [0.05, 0.1) is 12.1 Å². The number of ether oxygens (including phenoxy) is 1. The predicted octanol–water partition coefficient (Wildman–Crippen LogP) is 4.24. The second kappa shape index (κ2) is 7.19. The largest absolute Gasteiger partial charge is 0.376 e. The molecular formula is C17H28FNO. The van der Waals surface area contributed by atoms with E-state index < -0.39 is 0 Å². The Balaban J connectivity index is 3.16. The Morgan fingerprint density at radius 2 is 1.90 bits per heavy atom. The van der Waals surface area contributed by atoms with Crippen molar-refractivity contribution in [1.82, 2.24) is 5.32 Å². The fourth-order valence-corrected chi connectivity index (χ4v) is 2.45. The maximum Gasteiger partial charge on any atom is 0.126 e. The Bertz CT molecular complexity index is 425. The number of aryl methyl sites for hydroxylation is 1. The van der Waals surface area contributed by atoms with Crippen LogP contribution in [-0.2, 0) is 4.74 Å². The number of hydrogen-bond donors (Lipinski definition) is 1. The minimum Gasteiger partial charge on any atom is -0.376 e. The molecule has 2 unspecified atom stereocenters. The Morgan fingerprint density at radius 1 is 1.25 bits per heavy atom. The van der Waals surface area contributed by atoms with Crippen molar-refractivity contribution in [2.45, 2.75) is 53.7 Å². The number of likely N-dealkylation sites (N-methyl/N-ethyl adjacent to an activating group) is 1. The number of nitrogens with one attached hydrogen (secondary N) is 1. The van der Waals surface area contributed by atoms with E-state index >= 15 is 0 Å². The minimum absolute atomic E-state index is 0.00458. The molecule has 1 rings (SSSR count). The summed E-state index contributed by atoms with van der Waals surface area (Å²) in [6.07, 6.45) is -0.00504. The summed E-state index contributed by atoms with van der Waals surface area (Å²) in [7, 11) is 0. The lowest BCUT2D eigenvalue weighted by Crippen LogP contribution is -2.42. The van der Waals surface area contributed by atoms with Gasteiger partial charge in [-0.25, -0.2) is 4.39 Å². The topological polar surface area (TPSA) is 21.3 Å². The fourth-order valence-electron chi connectivity index (χ4n) is 2.45. The second-order valence-electron chi connectivity index (χ2n) is 6.29. The first-order chi connectivity index (χ1) is 9.31. The van der Waals surface area contributed by atoms with Crippen LogP contribution in [0.25, 0.3) is 0 Å². The van der Waals surface area contributed by atoms with Gasteiger partial charge in [0, 0.05) is 6.61 Å². The van der Waals surface area contributed by atoms with E-state index in [2.05, 4.69) is 33.0 Å². The van der Waals surface area contributed by atoms with Crippen molar-refractivity contribution in [2.24, 2.45) is 5.41 Å². The van der Waals surface area contributed by atoms with Crippen molar-refractivity contribution in [3.8, 4) is 0 Å². The van der Waals surface area contributed by atoms with Gasteiger partial charge in [-0.3, -0.25) is 0 Å². The molecule has 2 atom stereocenters. The van der Waals surface area contributed by atoms with Crippen molar-refractivity contribution < 1.29 is 9.13 Å². The van der Waals surface area contributed by atoms with Gasteiger partial charge in [-0.05, 0) is 43.0 Å². The van der Waals surface area contributed by atoms with Crippen LogP contribution in [0, 0.1) is 18.2 Å². The lowest BCUT2D eigenvalue weighted by molar-refractivity contribution is -0.0363. The molecule has 2 nitrogen and oxygen atoms in total. The van der Waals surface area contributed by atoms with E-state index in [9.17, 15) is 4.39 Å². The van der Waals surface area contributed by atoms with Gasteiger partial charge >= 0.3 is 0 Å². The molecule has 0 aliphatic rings. The highest BCUT2D eigenvalue weighted by Crippen LogP contribution is 2.33. The number of rotatable bonds is 6. The van der Waals surface area contributed by atoms with E-state index in [1.54, 1.807) is 13.0 Å². The molecule has 0 heterocycles. The van der Waals surface area contributed by atoms with Crippen LogP contribution in [0.2, 0.25) is 0 Å². The van der Waals surface area contributed by atoms with Crippen LogP contribution in [0.15, 0.2) is 18.2 Å². The van der Waals surface area contributed by atoms with Gasteiger partial charge in [0.1, 0.15) is 5.82 Å². The minimum atomic E-state index is -0.158. The fraction of sp³-hybridized carbons (Fsp3) is 0.647. The summed E-state index contributed by atoms with van der Waals surface area (Å²) in [5.74, 6) is -0.158. The molecule has 3 heteroatoms. The average Bonchev–Trinajstić information content (AvgIpc) is 2.36. The lowest BCUT2D eigenvalue weighted by atomic mass is 9.81. The number of halogens is 1. The molecule has 1 N–H and O–H groups in total. The molecule has 0 aliphatic carbocycles. The molecular weight excluding hydrogens is 253 g/mol. The maximum atomic E-state index is 13.9. The summed E-state index contributed by atoms with van der Waals surface area (Å²) < 4.78 is 19.8. The molecule has 1 aromatic rings. The molecule has 0 radical (unpaired) electrons. The standard InChI is InChI=1S/C17H28FNO/c1-7-19-15(16(20-8-2)17(4,5)6)13-10-9-12(3)14(18)11-13/h9-11,15-16,19H,7-8H2,1-6H3. The maximum absolute atomic E-state index is 13.9. The van der Waals surface area contributed by atoms with E-state index in [0.29, 0.717) is 12.2 Å². The van der Waals surface area contributed by atoms with Crippen LogP contribution in [0.5, 0.6) is 0 Å². The molecule has 0 fully saturated rings. The molecule has 0 aliphatic heterocycles. The van der Waals surface area contributed by atoms with Crippen molar-refractivity contribution in [3.63, 3.8) is 0 Å². The van der Waals surface area contributed by atoms with E-state index in [0.717, 1.165) is 12.1 Å². The quantitative estimate of drug-likeness (QED) is 0.842. The van der Waals surface area contributed by atoms with E-state index in [1.807, 2.05) is 19.1 Å². The summed E-state index contributed by atoms with van der Waals surface area (Å²) in [6, 6.07) is 5.44. The van der Waals surface area contributed by atoms with Gasteiger partial charge < -0.3 is 10.1 Å². The molecule has 0 spiro atoms. The first-order valence-electron chi connectivity index (χ1n) is 7.42. The second-order valence-corrected chi connectivity index (χ2v) is 6.29. The zero-order valence-corrected chi connectivity index (χ0v) is 13.6. The van der Waals surface area contributed by atoms with Crippen LogP contribution in [0.3, 0.4) is 0 Å². The van der Waals surface area contributed by atoms with Crippen LogP contribution in [-0.4, -0.2) is 19.3 Å². The Morgan fingerprint density at radius 3 is 2.35 bits per heavy atom. The molecule has 0 aromatic heterocycles. The Kier molecular flexibility index (Phi) is 6.15.